The summed E-state index contributed by atoms with van der Waals surface area (Å²) in [5.41, 5.74) is 5.42. The Labute approximate surface area is 114 Å². The van der Waals surface area contributed by atoms with E-state index in [1.807, 2.05) is 0 Å². The van der Waals surface area contributed by atoms with Gasteiger partial charge in [-0.05, 0) is 23.8 Å². The van der Waals surface area contributed by atoms with Gasteiger partial charge >= 0.3 is 6.18 Å². The first-order chi connectivity index (χ1) is 9.38. The van der Waals surface area contributed by atoms with Crippen molar-refractivity contribution in [3.05, 3.63) is 65.2 Å². The molecule has 0 spiro atoms. The highest BCUT2D eigenvalue weighted by Crippen LogP contribution is 2.31. The van der Waals surface area contributed by atoms with Crippen LogP contribution in [0.1, 0.15) is 21.5 Å². The Balaban J connectivity index is 2.30. The van der Waals surface area contributed by atoms with Gasteiger partial charge in [0.15, 0.2) is 5.78 Å². The summed E-state index contributed by atoms with van der Waals surface area (Å²) in [6.45, 7) is 0. The third kappa shape index (κ3) is 3.17. The van der Waals surface area contributed by atoms with Crippen molar-refractivity contribution in [3.63, 3.8) is 0 Å². The summed E-state index contributed by atoms with van der Waals surface area (Å²) in [7, 11) is 0. The van der Waals surface area contributed by atoms with E-state index < -0.39 is 17.5 Å². The highest BCUT2D eigenvalue weighted by Gasteiger charge is 2.31. The standard InChI is InChI=1S/C15H12F3NO/c16-15(17,18)11-6-7-13(19)12(9-11)14(20)8-10-4-2-1-3-5-10/h1-7,9H,8,19H2. The maximum Gasteiger partial charge on any atom is 0.416 e. The van der Waals surface area contributed by atoms with Gasteiger partial charge in [-0.2, -0.15) is 13.2 Å². The number of halogens is 3. The molecule has 0 saturated heterocycles. The second-order valence-corrected chi connectivity index (χ2v) is 4.39. The second-order valence-electron chi connectivity index (χ2n) is 4.39. The zero-order valence-corrected chi connectivity index (χ0v) is 10.4. The molecule has 0 aliphatic heterocycles. The van der Waals surface area contributed by atoms with Crippen molar-refractivity contribution >= 4 is 11.5 Å². The SMILES string of the molecule is Nc1ccc(C(F)(F)F)cc1C(=O)Cc1ccccc1. The molecule has 0 amide bonds. The molecular formula is C15H12F3NO. The smallest absolute Gasteiger partial charge is 0.398 e. The predicted molar refractivity (Wildman–Crippen MR) is 70.3 cm³/mol. The molecule has 0 aromatic heterocycles. The maximum absolute atomic E-state index is 12.6. The Kier molecular flexibility index (Phi) is 3.79. The van der Waals surface area contributed by atoms with Crippen molar-refractivity contribution in [2.24, 2.45) is 0 Å². The van der Waals surface area contributed by atoms with Gasteiger partial charge in [0.1, 0.15) is 0 Å². The van der Waals surface area contributed by atoms with Crippen molar-refractivity contribution < 1.29 is 18.0 Å². The summed E-state index contributed by atoms with van der Waals surface area (Å²) in [4.78, 5) is 12.1. The van der Waals surface area contributed by atoms with E-state index >= 15 is 0 Å². The molecular weight excluding hydrogens is 267 g/mol. The Hall–Kier alpha value is -2.30. The number of rotatable bonds is 3. The number of hydrogen-bond donors (Lipinski definition) is 1. The number of carbonyl (C=O) groups excluding carboxylic acids is 1. The number of Topliss-reactive ketones (excluding diaryl/α,β-unsaturated/α-hetero) is 1. The Bertz CT molecular complexity index is 621. The van der Waals surface area contributed by atoms with E-state index in [9.17, 15) is 18.0 Å². The van der Waals surface area contributed by atoms with Crippen molar-refractivity contribution in [3.8, 4) is 0 Å². The molecule has 2 rings (SSSR count). The lowest BCUT2D eigenvalue weighted by molar-refractivity contribution is -0.137. The quantitative estimate of drug-likeness (QED) is 0.687. The molecule has 0 aliphatic carbocycles. The van der Waals surface area contributed by atoms with Gasteiger partial charge in [-0.1, -0.05) is 30.3 Å². The molecule has 0 aliphatic rings. The normalized spacial score (nSPS) is 11.3. The number of hydrogen-bond acceptors (Lipinski definition) is 2. The Morgan fingerprint density at radius 3 is 2.30 bits per heavy atom. The first kappa shape index (κ1) is 14.1. The third-order valence-electron chi connectivity index (χ3n) is 2.89. The molecule has 5 heteroatoms. The lowest BCUT2D eigenvalue weighted by Gasteiger charge is -2.10. The molecule has 0 fully saturated rings. The molecule has 0 heterocycles. The zero-order chi connectivity index (χ0) is 14.8. The number of benzene rings is 2. The van der Waals surface area contributed by atoms with Gasteiger partial charge in [0.2, 0.25) is 0 Å². The molecule has 104 valence electrons. The van der Waals surface area contributed by atoms with E-state index in [0.717, 1.165) is 23.8 Å². The van der Waals surface area contributed by atoms with Gasteiger partial charge in [-0.3, -0.25) is 4.79 Å². The highest BCUT2D eigenvalue weighted by molar-refractivity contribution is 6.02. The molecule has 2 N–H and O–H groups in total. The minimum Gasteiger partial charge on any atom is -0.398 e. The average Bonchev–Trinajstić information content (AvgIpc) is 2.39. The molecule has 0 atom stereocenters. The number of nitrogen functional groups attached to an aromatic ring is 1. The Morgan fingerprint density at radius 1 is 1.05 bits per heavy atom. The van der Waals surface area contributed by atoms with E-state index in [1.165, 1.54) is 0 Å². The third-order valence-corrected chi connectivity index (χ3v) is 2.89. The van der Waals surface area contributed by atoms with E-state index in [0.29, 0.717) is 0 Å². The van der Waals surface area contributed by atoms with Crippen LogP contribution in [0.5, 0.6) is 0 Å². The number of ketones is 1. The van der Waals surface area contributed by atoms with E-state index in [2.05, 4.69) is 0 Å². The van der Waals surface area contributed by atoms with Crippen molar-refractivity contribution in [2.45, 2.75) is 12.6 Å². The Morgan fingerprint density at radius 2 is 1.70 bits per heavy atom. The van der Waals surface area contributed by atoms with Crippen LogP contribution >= 0.6 is 0 Å². The molecule has 0 unspecified atom stereocenters. The summed E-state index contributed by atoms with van der Waals surface area (Å²) in [5.74, 6) is -0.431. The van der Waals surface area contributed by atoms with Crippen LogP contribution in [0.25, 0.3) is 0 Å². The maximum atomic E-state index is 12.6. The summed E-state index contributed by atoms with van der Waals surface area (Å²) in [6, 6.07) is 11.6. The van der Waals surface area contributed by atoms with Gasteiger partial charge in [0, 0.05) is 17.7 Å². The molecule has 2 nitrogen and oxygen atoms in total. The summed E-state index contributed by atoms with van der Waals surface area (Å²) in [5, 5.41) is 0. The lowest BCUT2D eigenvalue weighted by Crippen LogP contribution is -2.11. The number of alkyl halides is 3. The fraction of sp³-hybridized carbons (Fsp3) is 0.133. The topological polar surface area (TPSA) is 43.1 Å². The average molecular weight is 279 g/mol. The van der Waals surface area contributed by atoms with Crippen LogP contribution in [0.2, 0.25) is 0 Å². The van der Waals surface area contributed by atoms with Crippen LogP contribution < -0.4 is 5.73 Å². The summed E-state index contributed by atoms with van der Waals surface area (Å²) in [6.07, 6.45) is -4.47. The molecule has 0 saturated carbocycles. The minimum absolute atomic E-state index is 0.0202. The number of anilines is 1. The van der Waals surface area contributed by atoms with Crippen molar-refractivity contribution in [1.29, 1.82) is 0 Å². The van der Waals surface area contributed by atoms with E-state index in [4.69, 9.17) is 5.73 Å². The van der Waals surface area contributed by atoms with Gasteiger partial charge < -0.3 is 5.73 Å². The minimum atomic E-state index is -4.49. The van der Waals surface area contributed by atoms with Crippen molar-refractivity contribution in [1.82, 2.24) is 0 Å². The van der Waals surface area contributed by atoms with Crippen LogP contribution in [-0.4, -0.2) is 5.78 Å². The van der Waals surface area contributed by atoms with E-state index in [-0.39, 0.29) is 17.7 Å². The van der Waals surface area contributed by atoms with Gasteiger partial charge in [0.25, 0.3) is 0 Å². The van der Waals surface area contributed by atoms with Crippen molar-refractivity contribution in [2.75, 3.05) is 5.73 Å². The fourth-order valence-corrected chi connectivity index (χ4v) is 1.85. The van der Waals surface area contributed by atoms with Crippen LogP contribution in [0, 0.1) is 0 Å². The second kappa shape index (κ2) is 5.36. The molecule has 2 aromatic rings. The lowest BCUT2D eigenvalue weighted by atomic mass is 9.99. The number of nitrogens with two attached hydrogens (primary N) is 1. The molecule has 0 radical (unpaired) electrons. The predicted octanol–water partition coefficient (Wildman–Crippen LogP) is 3.71. The van der Waals surface area contributed by atoms with Crippen LogP contribution in [0.4, 0.5) is 18.9 Å². The summed E-state index contributed by atoms with van der Waals surface area (Å²) >= 11 is 0. The van der Waals surface area contributed by atoms with Crippen LogP contribution in [0.15, 0.2) is 48.5 Å². The molecule has 0 bridgehead atoms. The largest absolute Gasteiger partial charge is 0.416 e. The molecule has 20 heavy (non-hydrogen) atoms. The monoisotopic (exact) mass is 279 g/mol. The molecule has 2 aromatic carbocycles. The highest BCUT2D eigenvalue weighted by atomic mass is 19.4. The first-order valence-corrected chi connectivity index (χ1v) is 5.92. The van der Waals surface area contributed by atoms with Gasteiger partial charge in [-0.25, -0.2) is 0 Å². The van der Waals surface area contributed by atoms with Gasteiger partial charge in [-0.15, -0.1) is 0 Å². The summed E-state index contributed by atoms with van der Waals surface area (Å²) < 4.78 is 37.9. The number of carbonyl (C=O) groups is 1. The van der Waals surface area contributed by atoms with Gasteiger partial charge in [0.05, 0.1) is 5.56 Å². The zero-order valence-electron chi connectivity index (χ0n) is 10.4. The fourth-order valence-electron chi connectivity index (χ4n) is 1.85. The van der Waals surface area contributed by atoms with Crippen LogP contribution in [-0.2, 0) is 12.6 Å². The van der Waals surface area contributed by atoms with Crippen LogP contribution in [0.3, 0.4) is 0 Å². The first-order valence-electron chi connectivity index (χ1n) is 5.92. The van der Waals surface area contributed by atoms with E-state index in [1.54, 1.807) is 30.3 Å².